The molecule has 2 aromatic rings. The molecule has 100 valence electrons. The molecule has 0 aliphatic heterocycles. The van der Waals surface area contributed by atoms with Gasteiger partial charge >= 0.3 is 0 Å². The average molecular weight is 262 g/mol. The summed E-state index contributed by atoms with van der Waals surface area (Å²) in [7, 11) is 1.80. The monoisotopic (exact) mass is 262 g/mol. The van der Waals surface area contributed by atoms with Gasteiger partial charge in [-0.1, -0.05) is 19.1 Å². The minimum absolute atomic E-state index is 0.0519. The van der Waals surface area contributed by atoms with Crippen molar-refractivity contribution in [2.24, 2.45) is 0 Å². The third kappa shape index (κ3) is 2.96. The highest BCUT2D eigenvalue weighted by molar-refractivity contribution is 5.25. The van der Waals surface area contributed by atoms with Gasteiger partial charge in [-0.15, -0.1) is 0 Å². The molecular weight excluding hydrogens is 246 g/mol. The van der Waals surface area contributed by atoms with Gasteiger partial charge in [-0.25, -0.2) is 8.78 Å². The second kappa shape index (κ2) is 5.89. The zero-order chi connectivity index (χ0) is 13.8. The van der Waals surface area contributed by atoms with E-state index in [2.05, 4.69) is 10.3 Å². The molecule has 0 fully saturated rings. The van der Waals surface area contributed by atoms with E-state index in [9.17, 15) is 8.78 Å². The number of halogens is 2. The van der Waals surface area contributed by atoms with Crippen LogP contribution in [-0.4, -0.2) is 12.0 Å². The predicted octanol–water partition coefficient (Wildman–Crippen LogP) is 3.42. The first-order chi connectivity index (χ1) is 9.13. The number of hydrogen-bond donors (Lipinski definition) is 1. The van der Waals surface area contributed by atoms with Crippen molar-refractivity contribution < 1.29 is 8.78 Å². The maximum Gasteiger partial charge on any atom is 0.159 e. The number of hydrogen-bond acceptors (Lipinski definition) is 2. The lowest BCUT2D eigenvalue weighted by molar-refractivity contribution is 0.479. The highest BCUT2D eigenvalue weighted by Crippen LogP contribution is 2.29. The summed E-state index contributed by atoms with van der Waals surface area (Å²) in [6.45, 7) is 2.00. The standard InChI is InChI=1S/C15H16F2N2/c1-10(14-5-3-4-8-19-14)15(18-2)11-6-7-12(16)13(17)9-11/h3-10,15,18H,1-2H3. The molecule has 0 spiro atoms. The minimum atomic E-state index is -0.830. The van der Waals surface area contributed by atoms with Crippen molar-refractivity contribution in [2.75, 3.05) is 7.05 Å². The smallest absolute Gasteiger partial charge is 0.159 e. The van der Waals surface area contributed by atoms with Gasteiger partial charge in [0.2, 0.25) is 0 Å². The van der Waals surface area contributed by atoms with E-state index < -0.39 is 11.6 Å². The van der Waals surface area contributed by atoms with Crippen molar-refractivity contribution >= 4 is 0 Å². The van der Waals surface area contributed by atoms with E-state index in [1.54, 1.807) is 19.3 Å². The molecular formula is C15H16F2N2. The van der Waals surface area contributed by atoms with E-state index in [4.69, 9.17) is 0 Å². The maximum atomic E-state index is 13.3. The highest BCUT2D eigenvalue weighted by atomic mass is 19.2. The summed E-state index contributed by atoms with van der Waals surface area (Å²) in [6, 6.07) is 9.55. The van der Waals surface area contributed by atoms with Gasteiger partial charge < -0.3 is 5.32 Å². The molecule has 0 aliphatic carbocycles. The van der Waals surface area contributed by atoms with Crippen LogP contribution in [-0.2, 0) is 0 Å². The summed E-state index contributed by atoms with van der Waals surface area (Å²) in [5.41, 5.74) is 1.62. The Balaban J connectivity index is 2.31. The molecule has 2 nitrogen and oxygen atoms in total. The SMILES string of the molecule is CNC(c1ccc(F)c(F)c1)C(C)c1ccccn1. The van der Waals surface area contributed by atoms with E-state index in [1.807, 2.05) is 25.1 Å². The molecule has 0 saturated carbocycles. The number of rotatable bonds is 4. The van der Waals surface area contributed by atoms with Crippen LogP contribution in [0.15, 0.2) is 42.6 Å². The van der Waals surface area contributed by atoms with Gasteiger partial charge in [0.25, 0.3) is 0 Å². The van der Waals surface area contributed by atoms with Crippen LogP contribution in [0, 0.1) is 11.6 Å². The van der Waals surface area contributed by atoms with Crippen LogP contribution in [0.2, 0.25) is 0 Å². The number of nitrogens with one attached hydrogen (secondary N) is 1. The Hall–Kier alpha value is -1.81. The molecule has 0 radical (unpaired) electrons. The fraction of sp³-hybridized carbons (Fsp3) is 0.267. The molecule has 1 N–H and O–H groups in total. The van der Waals surface area contributed by atoms with Gasteiger partial charge in [0, 0.05) is 23.9 Å². The van der Waals surface area contributed by atoms with E-state index >= 15 is 0 Å². The maximum absolute atomic E-state index is 13.3. The van der Waals surface area contributed by atoms with E-state index in [1.165, 1.54) is 6.07 Å². The van der Waals surface area contributed by atoms with Crippen molar-refractivity contribution in [3.63, 3.8) is 0 Å². The fourth-order valence-electron chi connectivity index (χ4n) is 2.23. The molecule has 1 heterocycles. The number of benzene rings is 1. The van der Waals surface area contributed by atoms with Crippen LogP contribution >= 0.6 is 0 Å². The lowest BCUT2D eigenvalue weighted by Gasteiger charge is -2.23. The Bertz CT molecular complexity index is 543. The summed E-state index contributed by atoms with van der Waals surface area (Å²) in [6.07, 6.45) is 1.73. The fourth-order valence-corrected chi connectivity index (χ4v) is 2.23. The van der Waals surface area contributed by atoms with Crippen LogP contribution in [0.5, 0.6) is 0 Å². The van der Waals surface area contributed by atoms with Crippen LogP contribution in [0.4, 0.5) is 8.78 Å². The number of aromatic nitrogens is 1. The van der Waals surface area contributed by atoms with Crippen molar-refractivity contribution in [3.8, 4) is 0 Å². The zero-order valence-corrected chi connectivity index (χ0v) is 10.9. The number of pyridine rings is 1. The Morgan fingerprint density at radius 2 is 1.89 bits per heavy atom. The van der Waals surface area contributed by atoms with Crippen LogP contribution < -0.4 is 5.32 Å². The molecule has 4 heteroatoms. The molecule has 2 unspecified atom stereocenters. The molecule has 0 aliphatic rings. The Labute approximate surface area is 111 Å². The van der Waals surface area contributed by atoms with Crippen molar-refractivity contribution in [1.82, 2.24) is 10.3 Å². The Kier molecular flexibility index (Phi) is 4.22. The highest BCUT2D eigenvalue weighted by Gasteiger charge is 2.21. The topological polar surface area (TPSA) is 24.9 Å². The van der Waals surface area contributed by atoms with Crippen molar-refractivity contribution in [2.45, 2.75) is 18.9 Å². The van der Waals surface area contributed by atoms with Crippen LogP contribution in [0.3, 0.4) is 0 Å². The van der Waals surface area contributed by atoms with Gasteiger partial charge in [0.15, 0.2) is 11.6 Å². The largest absolute Gasteiger partial charge is 0.312 e. The summed E-state index contributed by atoms with van der Waals surface area (Å²) in [4.78, 5) is 4.31. The number of nitrogens with zero attached hydrogens (tertiary/aromatic N) is 1. The minimum Gasteiger partial charge on any atom is -0.312 e. The van der Waals surface area contributed by atoms with Crippen molar-refractivity contribution in [3.05, 3.63) is 65.5 Å². The molecule has 2 atom stereocenters. The van der Waals surface area contributed by atoms with E-state index in [0.29, 0.717) is 5.56 Å². The Morgan fingerprint density at radius 3 is 2.47 bits per heavy atom. The van der Waals surface area contributed by atoms with E-state index in [0.717, 1.165) is 11.8 Å². The van der Waals surface area contributed by atoms with Crippen LogP contribution in [0.25, 0.3) is 0 Å². The molecule has 19 heavy (non-hydrogen) atoms. The third-order valence-electron chi connectivity index (χ3n) is 3.27. The van der Waals surface area contributed by atoms with Gasteiger partial charge in [-0.05, 0) is 36.9 Å². The summed E-state index contributed by atoms with van der Waals surface area (Å²) in [5, 5.41) is 3.13. The molecule has 1 aromatic carbocycles. The molecule has 0 saturated heterocycles. The first-order valence-corrected chi connectivity index (χ1v) is 6.16. The summed E-state index contributed by atoms with van der Waals surface area (Å²) in [5.74, 6) is -1.61. The van der Waals surface area contributed by atoms with Gasteiger partial charge in [-0.3, -0.25) is 4.98 Å². The Morgan fingerprint density at radius 1 is 1.11 bits per heavy atom. The normalized spacial score (nSPS) is 14.1. The lowest BCUT2D eigenvalue weighted by atomic mass is 9.91. The average Bonchev–Trinajstić information content (AvgIpc) is 2.44. The van der Waals surface area contributed by atoms with Crippen molar-refractivity contribution in [1.29, 1.82) is 0 Å². The first kappa shape index (κ1) is 13.6. The quantitative estimate of drug-likeness (QED) is 0.913. The van der Waals surface area contributed by atoms with Gasteiger partial charge in [0.05, 0.1) is 0 Å². The first-order valence-electron chi connectivity index (χ1n) is 6.16. The lowest BCUT2D eigenvalue weighted by Crippen LogP contribution is -2.23. The summed E-state index contributed by atoms with van der Waals surface area (Å²) >= 11 is 0. The third-order valence-corrected chi connectivity index (χ3v) is 3.27. The number of likely N-dealkylation sites (N-methyl/N-ethyl adjacent to an activating group) is 1. The molecule has 0 amide bonds. The van der Waals surface area contributed by atoms with Gasteiger partial charge in [-0.2, -0.15) is 0 Å². The molecule has 0 bridgehead atoms. The van der Waals surface area contributed by atoms with Gasteiger partial charge in [0.1, 0.15) is 0 Å². The van der Waals surface area contributed by atoms with E-state index in [-0.39, 0.29) is 12.0 Å². The second-order valence-electron chi connectivity index (χ2n) is 4.48. The zero-order valence-electron chi connectivity index (χ0n) is 10.9. The molecule has 1 aromatic heterocycles. The molecule has 2 rings (SSSR count). The van der Waals surface area contributed by atoms with Crippen LogP contribution in [0.1, 0.15) is 30.1 Å². The predicted molar refractivity (Wildman–Crippen MR) is 70.8 cm³/mol. The second-order valence-corrected chi connectivity index (χ2v) is 4.48. The summed E-state index contributed by atoms with van der Waals surface area (Å²) < 4.78 is 26.3.